The van der Waals surface area contributed by atoms with Gasteiger partial charge in [0.1, 0.15) is 6.04 Å². The zero-order valence-corrected chi connectivity index (χ0v) is 13.5. The van der Waals surface area contributed by atoms with E-state index in [1.165, 1.54) is 0 Å². The fourth-order valence-electron chi connectivity index (χ4n) is 2.72. The summed E-state index contributed by atoms with van der Waals surface area (Å²) in [6, 6.07) is -0.293. The van der Waals surface area contributed by atoms with E-state index in [1.54, 1.807) is 0 Å². The van der Waals surface area contributed by atoms with Crippen molar-refractivity contribution in [3.05, 3.63) is 0 Å². The maximum Gasteiger partial charge on any atom is 0.323 e. The molecule has 1 aliphatic carbocycles. The Bertz CT molecular complexity index is 305. The van der Waals surface area contributed by atoms with Gasteiger partial charge in [0.05, 0.1) is 12.2 Å². The van der Waals surface area contributed by atoms with E-state index in [4.69, 9.17) is 4.74 Å². The summed E-state index contributed by atoms with van der Waals surface area (Å²) < 4.78 is 5.08. The Kier molecular flexibility index (Phi) is 6.46. The summed E-state index contributed by atoms with van der Waals surface area (Å²) in [6.45, 7) is 9.24. The quantitative estimate of drug-likeness (QED) is 0.706. The Morgan fingerprint density at radius 2 is 1.85 bits per heavy atom. The van der Waals surface area contributed by atoms with E-state index in [0.717, 1.165) is 38.5 Å². The lowest BCUT2D eigenvalue weighted by atomic mass is 9.71. The molecule has 4 heteroatoms. The molecule has 0 amide bonds. The maximum absolute atomic E-state index is 11.8. The second kappa shape index (κ2) is 7.41. The Labute approximate surface area is 123 Å². The second-order valence-electron chi connectivity index (χ2n) is 6.86. The molecule has 1 atom stereocenters. The summed E-state index contributed by atoms with van der Waals surface area (Å²) in [5.74, 6) is -0.200. The largest absolute Gasteiger partial charge is 0.465 e. The number of nitrogens with one attached hydrogen (secondary N) is 1. The summed E-state index contributed by atoms with van der Waals surface area (Å²) in [5, 5.41) is 13.8. The number of esters is 1. The number of hydrogen-bond donors (Lipinski definition) is 2. The van der Waals surface area contributed by atoms with Crippen LogP contribution in [-0.4, -0.2) is 35.9 Å². The molecule has 0 spiro atoms. The number of hydrogen-bond acceptors (Lipinski definition) is 4. The molecule has 0 aliphatic heterocycles. The molecule has 1 fully saturated rings. The standard InChI is InChI=1S/C16H31NO3/c1-5-7-13(14(18)20-6-2)17-12-16(19)10-8-15(3,4)9-11-16/h13,17,19H,5-12H2,1-4H3. The molecular weight excluding hydrogens is 254 g/mol. The lowest BCUT2D eigenvalue weighted by Gasteiger charge is -2.40. The topological polar surface area (TPSA) is 58.6 Å². The first-order valence-electron chi connectivity index (χ1n) is 7.94. The SMILES string of the molecule is CCCC(NCC1(O)CCC(C)(C)CC1)C(=O)OCC. The van der Waals surface area contributed by atoms with E-state index in [9.17, 15) is 9.90 Å². The zero-order valence-electron chi connectivity index (χ0n) is 13.5. The van der Waals surface area contributed by atoms with E-state index < -0.39 is 5.60 Å². The Morgan fingerprint density at radius 1 is 1.25 bits per heavy atom. The average Bonchev–Trinajstić information content (AvgIpc) is 2.39. The minimum absolute atomic E-state index is 0.200. The highest BCUT2D eigenvalue weighted by atomic mass is 16.5. The predicted molar refractivity (Wildman–Crippen MR) is 80.5 cm³/mol. The van der Waals surface area contributed by atoms with E-state index in [1.807, 2.05) is 13.8 Å². The van der Waals surface area contributed by atoms with Gasteiger partial charge in [-0.1, -0.05) is 27.2 Å². The fourth-order valence-corrected chi connectivity index (χ4v) is 2.72. The molecule has 0 heterocycles. The van der Waals surface area contributed by atoms with Crippen LogP contribution in [-0.2, 0) is 9.53 Å². The summed E-state index contributed by atoms with van der Waals surface area (Å²) >= 11 is 0. The minimum Gasteiger partial charge on any atom is -0.465 e. The number of carbonyl (C=O) groups excluding carboxylic acids is 1. The normalized spacial score (nSPS) is 22.2. The van der Waals surface area contributed by atoms with Crippen LogP contribution in [0.5, 0.6) is 0 Å². The van der Waals surface area contributed by atoms with E-state index >= 15 is 0 Å². The highest BCUT2D eigenvalue weighted by Crippen LogP contribution is 2.39. The molecule has 1 unspecified atom stereocenters. The lowest BCUT2D eigenvalue weighted by Crippen LogP contribution is -2.50. The van der Waals surface area contributed by atoms with Crippen LogP contribution < -0.4 is 5.32 Å². The third-order valence-electron chi connectivity index (χ3n) is 4.36. The van der Waals surface area contributed by atoms with Gasteiger partial charge >= 0.3 is 5.97 Å². The van der Waals surface area contributed by atoms with Gasteiger partial charge in [0.2, 0.25) is 0 Å². The van der Waals surface area contributed by atoms with E-state index in [0.29, 0.717) is 18.6 Å². The lowest BCUT2D eigenvalue weighted by molar-refractivity contribution is -0.146. The molecule has 118 valence electrons. The van der Waals surface area contributed by atoms with Crippen molar-refractivity contribution in [1.29, 1.82) is 0 Å². The summed E-state index contributed by atoms with van der Waals surface area (Å²) in [4.78, 5) is 11.8. The van der Waals surface area contributed by atoms with Crippen LogP contribution in [0.3, 0.4) is 0 Å². The molecule has 0 aromatic heterocycles. The van der Waals surface area contributed by atoms with Crippen molar-refractivity contribution in [3.63, 3.8) is 0 Å². The molecule has 0 bridgehead atoms. The van der Waals surface area contributed by atoms with Crippen LogP contribution >= 0.6 is 0 Å². The van der Waals surface area contributed by atoms with Crippen molar-refractivity contribution in [2.24, 2.45) is 5.41 Å². The van der Waals surface area contributed by atoms with Crippen LogP contribution in [0, 0.1) is 5.41 Å². The molecule has 2 N–H and O–H groups in total. The molecule has 20 heavy (non-hydrogen) atoms. The van der Waals surface area contributed by atoms with Gasteiger partial charge in [-0.3, -0.25) is 4.79 Å². The fraction of sp³-hybridized carbons (Fsp3) is 0.938. The second-order valence-corrected chi connectivity index (χ2v) is 6.86. The first-order valence-corrected chi connectivity index (χ1v) is 7.94. The van der Waals surface area contributed by atoms with Gasteiger partial charge in [-0.05, 0) is 44.4 Å². The molecule has 0 radical (unpaired) electrons. The van der Waals surface area contributed by atoms with Gasteiger partial charge in [0.15, 0.2) is 0 Å². The molecule has 4 nitrogen and oxygen atoms in total. The average molecular weight is 285 g/mol. The van der Waals surface area contributed by atoms with Crippen molar-refractivity contribution in [2.75, 3.05) is 13.2 Å². The third kappa shape index (κ3) is 5.41. The summed E-state index contributed by atoms with van der Waals surface area (Å²) in [6.07, 6.45) is 5.33. The Morgan fingerprint density at radius 3 is 2.35 bits per heavy atom. The summed E-state index contributed by atoms with van der Waals surface area (Å²) in [5.41, 5.74) is -0.343. The van der Waals surface area contributed by atoms with Crippen LogP contribution in [0.1, 0.15) is 66.2 Å². The van der Waals surface area contributed by atoms with E-state index in [2.05, 4.69) is 19.2 Å². The number of carbonyl (C=O) groups is 1. The van der Waals surface area contributed by atoms with Gasteiger partial charge in [-0.25, -0.2) is 0 Å². The molecular formula is C16H31NO3. The van der Waals surface area contributed by atoms with Crippen molar-refractivity contribution >= 4 is 5.97 Å². The highest BCUT2D eigenvalue weighted by molar-refractivity contribution is 5.75. The molecule has 1 rings (SSSR count). The van der Waals surface area contributed by atoms with Gasteiger partial charge in [0, 0.05) is 6.54 Å². The molecule has 1 saturated carbocycles. The van der Waals surface area contributed by atoms with Crippen molar-refractivity contribution in [1.82, 2.24) is 5.32 Å². The number of ether oxygens (including phenoxy) is 1. The van der Waals surface area contributed by atoms with Crippen molar-refractivity contribution < 1.29 is 14.6 Å². The van der Waals surface area contributed by atoms with Gasteiger partial charge in [0.25, 0.3) is 0 Å². The van der Waals surface area contributed by atoms with Crippen LogP contribution in [0.4, 0.5) is 0 Å². The van der Waals surface area contributed by atoms with Crippen molar-refractivity contribution in [2.45, 2.75) is 77.9 Å². The van der Waals surface area contributed by atoms with Crippen LogP contribution in [0.15, 0.2) is 0 Å². The molecule has 0 aromatic carbocycles. The van der Waals surface area contributed by atoms with Crippen LogP contribution in [0.25, 0.3) is 0 Å². The first kappa shape index (κ1) is 17.4. The van der Waals surface area contributed by atoms with Gasteiger partial charge in [-0.15, -0.1) is 0 Å². The van der Waals surface area contributed by atoms with Gasteiger partial charge in [-0.2, -0.15) is 0 Å². The smallest absolute Gasteiger partial charge is 0.323 e. The minimum atomic E-state index is -0.673. The third-order valence-corrected chi connectivity index (χ3v) is 4.36. The molecule has 0 saturated heterocycles. The zero-order chi connectivity index (χ0) is 15.2. The Hall–Kier alpha value is -0.610. The Balaban J connectivity index is 2.48. The summed E-state index contributed by atoms with van der Waals surface area (Å²) in [7, 11) is 0. The number of rotatable bonds is 7. The molecule has 1 aliphatic rings. The monoisotopic (exact) mass is 285 g/mol. The van der Waals surface area contributed by atoms with Crippen LogP contribution in [0.2, 0.25) is 0 Å². The number of aliphatic hydroxyl groups is 1. The predicted octanol–water partition coefficient (Wildman–Crippen LogP) is 2.64. The van der Waals surface area contributed by atoms with E-state index in [-0.39, 0.29) is 12.0 Å². The maximum atomic E-state index is 11.8. The van der Waals surface area contributed by atoms with Gasteiger partial charge < -0.3 is 15.2 Å². The van der Waals surface area contributed by atoms with Crippen molar-refractivity contribution in [3.8, 4) is 0 Å². The highest BCUT2D eigenvalue weighted by Gasteiger charge is 2.37. The first-order chi connectivity index (χ1) is 9.32. The molecule has 0 aromatic rings.